The summed E-state index contributed by atoms with van der Waals surface area (Å²) in [5.74, 6) is 2.64. The van der Waals surface area contributed by atoms with Gasteiger partial charge in [-0.2, -0.15) is 4.52 Å². The number of piperidine rings is 1. The fourth-order valence-corrected chi connectivity index (χ4v) is 4.86. The van der Waals surface area contributed by atoms with E-state index < -0.39 is 0 Å². The van der Waals surface area contributed by atoms with Crippen molar-refractivity contribution in [2.75, 3.05) is 31.6 Å². The van der Waals surface area contributed by atoms with Crippen LogP contribution in [0.2, 0.25) is 0 Å². The van der Waals surface area contributed by atoms with Gasteiger partial charge in [0.15, 0.2) is 11.5 Å². The number of carbonyl (C=O) groups excluding carboxylic acids is 1. The number of allylic oxidation sites excluding steroid dienone is 1. The van der Waals surface area contributed by atoms with Gasteiger partial charge in [0.25, 0.3) is 0 Å². The Kier molecular flexibility index (Phi) is 6.74. The van der Waals surface area contributed by atoms with Crippen molar-refractivity contribution in [3.05, 3.63) is 48.0 Å². The topological polar surface area (TPSA) is 84.7 Å². The minimum Gasteiger partial charge on any atom is -0.497 e. The molecule has 1 fully saturated rings. The Morgan fingerprint density at radius 1 is 1.09 bits per heavy atom. The van der Waals surface area contributed by atoms with Gasteiger partial charge < -0.3 is 15.0 Å². The molecule has 0 atom stereocenters. The molecule has 34 heavy (non-hydrogen) atoms. The van der Waals surface area contributed by atoms with Gasteiger partial charge in [0.2, 0.25) is 5.91 Å². The lowest BCUT2D eigenvalue weighted by Crippen LogP contribution is -2.41. The standard InChI is InChI=1S/C26H32N6O2/c1-34-22-9-7-20(8-10-22)25-29-28-23-11-12-24(30-32(23)25)31-17-14-21(15-18-31)26(33)27-16-13-19-5-3-2-4-6-19/h5,7-12,21H,2-4,6,13-18H2,1H3,(H,27,33). The zero-order valence-corrected chi connectivity index (χ0v) is 19.7. The lowest BCUT2D eigenvalue weighted by atomic mass is 9.95. The number of fused-ring (bicyclic) bond motifs is 1. The Morgan fingerprint density at radius 2 is 1.91 bits per heavy atom. The van der Waals surface area contributed by atoms with Gasteiger partial charge in [0.1, 0.15) is 11.6 Å². The van der Waals surface area contributed by atoms with E-state index in [1.165, 1.54) is 31.3 Å². The molecule has 0 radical (unpaired) electrons. The first kappa shape index (κ1) is 22.4. The van der Waals surface area contributed by atoms with E-state index in [4.69, 9.17) is 9.84 Å². The average molecular weight is 461 g/mol. The van der Waals surface area contributed by atoms with Crippen molar-refractivity contribution in [3.8, 4) is 17.1 Å². The predicted octanol–water partition coefficient (Wildman–Crippen LogP) is 4.02. The number of nitrogens with zero attached hydrogens (tertiary/aromatic N) is 5. The van der Waals surface area contributed by atoms with Gasteiger partial charge in [0, 0.05) is 31.1 Å². The number of ether oxygens (including phenoxy) is 1. The maximum absolute atomic E-state index is 12.7. The molecular formula is C26H32N6O2. The zero-order chi connectivity index (χ0) is 23.3. The lowest BCUT2D eigenvalue weighted by molar-refractivity contribution is -0.125. The molecule has 1 aliphatic heterocycles. The second-order valence-corrected chi connectivity index (χ2v) is 9.12. The third-order valence-electron chi connectivity index (χ3n) is 6.92. The number of rotatable bonds is 7. The molecule has 2 aromatic heterocycles. The summed E-state index contributed by atoms with van der Waals surface area (Å²) in [4.78, 5) is 14.9. The Balaban J connectivity index is 1.19. The maximum atomic E-state index is 12.7. The van der Waals surface area contributed by atoms with Crippen molar-refractivity contribution in [2.45, 2.75) is 44.9 Å². The molecule has 1 aliphatic carbocycles. The summed E-state index contributed by atoms with van der Waals surface area (Å²) in [6, 6.07) is 11.7. The first-order valence-corrected chi connectivity index (χ1v) is 12.3. The van der Waals surface area contributed by atoms with E-state index in [9.17, 15) is 4.79 Å². The van der Waals surface area contributed by atoms with Crippen LogP contribution >= 0.6 is 0 Å². The van der Waals surface area contributed by atoms with Gasteiger partial charge in [-0.25, -0.2) is 0 Å². The van der Waals surface area contributed by atoms with Crippen LogP contribution in [-0.2, 0) is 4.79 Å². The number of methoxy groups -OCH3 is 1. The van der Waals surface area contributed by atoms with Crippen LogP contribution < -0.4 is 15.0 Å². The molecule has 3 heterocycles. The number of aromatic nitrogens is 4. The number of nitrogens with one attached hydrogen (secondary N) is 1. The molecule has 178 valence electrons. The number of hydrogen-bond donors (Lipinski definition) is 1. The van der Waals surface area contributed by atoms with Gasteiger partial charge in [-0.15, -0.1) is 15.3 Å². The van der Waals surface area contributed by atoms with Crippen LogP contribution in [0.4, 0.5) is 5.82 Å². The van der Waals surface area contributed by atoms with Crippen molar-refractivity contribution in [2.24, 2.45) is 5.92 Å². The summed E-state index contributed by atoms with van der Waals surface area (Å²) in [5.41, 5.74) is 3.14. The van der Waals surface area contributed by atoms with Gasteiger partial charge in [-0.05, 0) is 81.3 Å². The number of benzene rings is 1. The van der Waals surface area contributed by atoms with E-state index in [-0.39, 0.29) is 11.8 Å². The van der Waals surface area contributed by atoms with E-state index in [0.717, 1.165) is 56.0 Å². The van der Waals surface area contributed by atoms with Crippen LogP contribution in [0.1, 0.15) is 44.9 Å². The number of amides is 1. The highest BCUT2D eigenvalue weighted by Crippen LogP contribution is 2.25. The fraction of sp³-hybridized carbons (Fsp3) is 0.462. The van der Waals surface area contributed by atoms with E-state index in [1.807, 2.05) is 36.4 Å². The highest BCUT2D eigenvalue weighted by atomic mass is 16.5. The second-order valence-electron chi connectivity index (χ2n) is 9.12. The minimum absolute atomic E-state index is 0.0742. The number of carbonyl (C=O) groups is 1. The van der Waals surface area contributed by atoms with Crippen LogP contribution in [0.25, 0.3) is 17.0 Å². The summed E-state index contributed by atoms with van der Waals surface area (Å²) in [5, 5.41) is 16.6. The third kappa shape index (κ3) is 4.90. The normalized spacial score (nSPS) is 17.0. The molecule has 1 amide bonds. The van der Waals surface area contributed by atoms with E-state index >= 15 is 0 Å². The molecule has 1 aromatic carbocycles. The number of hydrogen-bond acceptors (Lipinski definition) is 6. The minimum atomic E-state index is 0.0742. The summed E-state index contributed by atoms with van der Waals surface area (Å²) >= 11 is 0. The Hall–Kier alpha value is -3.42. The molecule has 2 aliphatic rings. The predicted molar refractivity (Wildman–Crippen MR) is 132 cm³/mol. The van der Waals surface area contributed by atoms with Crippen LogP contribution in [-0.4, -0.2) is 52.5 Å². The molecular weight excluding hydrogens is 428 g/mol. The van der Waals surface area contributed by atoms with Gasteiger partial charge >= 0.3 is 0 Å². The maximum Gasteiger partial charge on any atom is 0.223 e. The first-order valence-electron chi connectivity index (χ1n) is 12.3. The molecule has 0 saturated carbocycles. The largest absolute Gasteiger partial charge is 0.497 e. The molecule has 1 saturated heterocycles. The number of anilines is 1. The van der Waals surface area contributed by atoms with E-state index in [2.05, 4.69) is 26.5 Å². The Labute approximate surface area is 200 Å². The highest BCUT2D eigenvalue weighted by Gasteiger charge is 2.26. The fourth-order valence-electron chi connectivity index (χ4n) is 4.86. The Bertz CT molecular complexity index is 1160. The van der Waals surface area contributed by atoms with E-state index in [1.54, 1.807) is 11.6 Å². The highest BCUT2D eigenvalue weighted by molar-refractivity contribution is 5.79. The van der Waals surface area contributed by atoms with Gasteiger partial charge in [0.05, 0.1) is 7.11 Å². The van der Waals surface area contributed by atoms with Crippen LogP contribution in [0.5, 0.6) is 5.75 Å². The molecule has 1 N–H and O–H groups in total. The van der Waals surface area contributed by atoms with E-state index in [0.29, 0.717) is 11.5 Å². The second kappa shape index (κ2) is 10.2. The zero-order valence-electron chi connectivity index (χ0n) is 19.7. The van der Waals surface area contributed by atoms with Crippen molar-refractivity contribution in [1.29, 1.82) is 0 Å². The molecule has 0 bridgehead atoms. The van der Waals surface area contributed by atoms with Crippen molar-refractivity contribution >= 4 is 17.4 Å². The third-order valence-corrected chi connectivity index (χ3v) is 6.92. The summed E-state index contributed by atoms with van der Waals surface area (Å²) in [6.07, 6.45) is 9.99. The molecule has 0 unspecified atom stereocenters. The quantitative estimate of drug-likeness (QED) is 0.536. The lowest BCUT2D eigenvalue weighted by Gasteiger charge is -2.32. The van der Waals surface area contributed by atoms with Crippen molar-refractivity contribution in [1.82, 2.24) is 25.1 Å². The summed E-state index contributed by atoms with van der Waals surface area (Å²) in [7, 11) is 1.65. The SMILES string of the molecule is COc1ccc(-c2nnc3ccc(N4CCC(C(=O)NCCC5=CCCCC5)CC4)nn23)cc1. The van der Waals surface area contributed by atoms with Crippen LogP contribution in [0.15, 0.2) is 48.0 Å². The van der Waals surface area contributed by atoms with Crippen LogP contribution in [0.3, 0.4) is 0 Å². The monoisotopic (exact) mass is 460 g/mol. The van der Waals surface area contributed by atoms with Crippen LogP contribution in [0, 0.1) is 5.92 Å². The van der Waals surface area contributed by atoms with Crippen molar-refractivity contribution < 1.29 is 9.53 Å². The average Bonchev–Trinajstić information content (AvgIpc) is 3.33. The smallest absolute Gasteiger partial charge is 0.223 e. The Morgan fingerprint density at radius 3 is 2.65 bits per heavy atom. The molecule has 8 nitrogen and oxygen atoms in total. The first-order chi connectivity index (χ1) is 16.7. The molecule has 8 heteroatoms. The molecule has 5 rings (SSSR count). The summed E-state index contributed by atoms with van der Waals surface area (Å²) < 4.78 is 7.04. The summed E-state index contributed by atoms with van der Waals surface area (Å²) in [6.45, 7) is 2.37. The van der Waals surface area contributed by atoms with Crippen molar-refractivity contribution in [3.63, 3.8) is 0 Å². The molecule has 3 aromatic rings. The van der Waals surface area contributed by atoms with Gasteiger partial charge in [-0.3, -0.25) is 4.79 Å². The molecule has 0 spiro atoms. The van der Waals surface area contributed by atoms with Gasteiger partial charge in [-0.1, -0.05) is 11.6 Å².